The van der Waals surface area contributed by atoms with Crippen LogP contribution >= 0.6 is 0 Å². The molecule has 0 fully saturated rings. The third kappa shape index (κ3) is 3.96. The molecule has 23 heavy (non-hydrogen) atoms. The van der Waals surface area contributed by atoms with Crippen LogP contribution in [0.15, 0.2) is 54.6 Å². The Morgan fingerprint density at radius 1 is 0.957 bits per heavy atom. The van der Waals surface area contributed by atoms with E-state index in [4.69, 9.17) is 0 Å². The van der Waals surface area contributed by atoms with Crippen molar-refractivity contribution >= 4 is 15.8 Å². The Morgan fingerprint density at radius 2 is 1.52 bits per heavy atom. The highest BCUT2D eigenvalue weighted by Crippen LogP contribution is 2.22. The lowest BCUT2D eigenvalue weighted by Crippen LogP contribution is -2.36. The normalized spacial score (nSPS) is 12.1. The number of carbonyl (C=O) groups is 1. The number of benzene rings is 2. The first-order valence-corrected chi connectivity index (χ1v) is 7.94. The van der Waals surface area contributed by atoms with Crippen LogP contribution in [0.3, 0.4) is 0 Å². The van der Waals surface area contributed by atoms with Crippen LogP contribution in [-0.2, 0) is 16.6 Å². The molecule has 2 rings (SSSR count). The van der Waals surface area contributed by atoms with E-state index < -0.39 is 27.9 Å². The van der Waals surface area contributed by atoms with Crippen molar-refractivity contribution in [1.82, 2.24) is 4.72 Å². The Hall–Kier alpha value is -2.19. The van der Waals surface area contributed by atoms with Crippen LogP contribution in [0.2, 0.25) is 0 Å². The number of halogens is 3. The molecule has 0 amide bonds. The van der Waals surface area contributed by atoms with Crippen molar-refractivity contribution < 1.29 is 26.4 Å². The average molecular weight is 343 g/mol. The van der Waals surface area contributed by atoms with Crippen molar-refractivity contribution in [2.24, 2.45) is 0 Å². The zero-order valence-corrected chi connectivity index (χ0v) is 12.5. The van der Waals surface area contributed by atoms with Gasteiger partial charge in [-0.3, -0.25) is 4.79 Å². The van der Waals surface area contributed by atoms with Crippen molar-refractivity contribution in [3.05, 3.63) is 71.3 Å². The predicted octanol–water partition coefficient (Wildman–Crippen LogP) is 2.86. The van der Waals surface area contributed by atoms with E-state index >= 15 is 0 Å². The Bertz CT molecular complexity index is 802. The van der Waals surface area contributed by atoms with E-state index in [2.05, 4.69) is 0 Å². The topological polar surface area (TPSA) is 63.2 Å². The number of hydrogen-bond donors (Lipinski definition) is 1. The highest BCUT2D eigenvalue weighted by Gasteiger charge is 2.45. The van der Waals surface area contributed by atoms with Gasteiger partial charge in [-0.2, -0.15) is 13.2 Å². The number of ketones is 1. The van der Waals surface area contributed by atoms with Gasteiger partial charge in [0.2, 0.25) is 0 Å². The fourth-order valence-corrected chi connectivity index (χ4v) is 2.40. The number of rotatable bonds is 5. The molecule has 2 aromatic carbocycles. The standard InChI is InChI=1S/C15H12F3NO3S/c16-15(17,18)23(21,22)19-10-12-8-4-5-9-13(12)14(20)11-6-2-1-3-7-11/h1-9,19H,10H2. The van der Waals surface area contributed by atoms with E-state index in [1.165, 1.54) is 22.9 Å². The summed E-state index contributed by atoms with van der Waals surface area (Å²) in [7, 11) is -5.46. The molecule has 0 saturated heterocycles. The molecule has 0 saturated carbocycles. The highest BCUT2D eigenvalue weighted by atomic mass is 32.2. The molecule has 8 heteroatoms. The maximum absolute atomic E-state index is 12.4. The molecule has 0 atom stereocenters. The van der Waals surface area contributed by atoms with Crippen LogP contribution in [-0.4, -0.2) is 19.7 Å². The van der Waals surface area contributed by atoms with Crippen molar-refractivity contribution in [1.29, 1.82) is 0 Å². The van der Waals surface area contributed by atoms with Crippen LogP contribution in [0.4, 0.5) is 13.2 Å². The Morgan fingerprint density at radius 3 is 2.13 bits per heavy atom. The minimum Gasteiger partial charge on any atom is -0.289 e. The molecule has 0 aliphatic carbocycles. The number of hydrogen-bond acceptors (Lipinski definition) is 3. The fraction of sp³-hybridized carbons (Fsp3) is 0.133. The SMILES string of the molecule is O=C(c1ccccc1)c1ccccc1CNS(=O)(=O)C(F)(F)F. The van der Waals surface area contributed by atoms with E-state index in [1.54, 1.807) is 36.4 Å². The summed E-state index contributed by atoms with van der Waals surface area (Å²) < 4.78 is 60.6. The smallest absolute Gasteiger partial charge is 0.289 e. The lowest BCUT2D eigenvalue weighted by atomic mass is 9.98. The third-order valence-electron chi connectivity index (χ3n) is 3.06. The summed E-state index contributed by atoms with van der Waals surface area (Å²) in [5, 5.41) is 0. The molecule has 122 valence electrons. The van der Waals surface area contributed by atoms with Gasteiger partial charge in [-0.05, 0) is 5.56 Å². The molecule has 0 radical (unpaired) electrons. The maximum atomic E-state index is 12.4. The zero-order valence-electron chi connectivity index (χ0n) is 11.7. The van der Waals surface area contributed by atoms with Gasteiger partial charge in [-0.25, -0.2) is 13.1 Å². The summed E-state index contributed by atoms with van der Waals surface area (Å²) in [6.07, 6.45) is 0. The molecule has 1 N–H and O–H groups in total. The molecule has 0 bridgehead atoms. The Balaban J connectivity index is 2.27. The zero-order chi connectivity index (χ0) is 17.1. The number of sulfonamides is 1. The molecular formula is C15H12F3NO3S. The molecule has 0 spiro atoms. The van der Waals surface area contributed by atoms with Crippen molar-refractivity contribution in [2.45, 2.75) is 12.1 Å². The summed E-state index contributed by atoms with van der Waals surface area (Å²) in [5.41, 5.74) is -4.73. The first kappa shape index (κ1) is 17.2. The first-order chi connectivity index (χ1) is 10.7. The molecule has 0 heterocycles. The van der Waals surface area contributed by atoms with Gasteiger partial charge in [0.25, 0.3) is 0 Å². The minimum atomic E-state index is -5.46. The van der Waals surface area contributed by atoms with Crippen molar-refractivity contribution in [3.63, 3.8) is 0 Å². The van der Waals surface area contributed by atoms with Gasteiger partial charge in [0.1, 0.15) is 0 Å². The average Bonchev–Trinajstić information content (AvgIpc) is 2.52. The molecule has 0 aliphatic heterocycles. The van der Waals surface area contributed by atoms with E-state index in [-0.39, 0.29) is 11.1 Å². The van der Waals surface area contributed by atoms with E-state index in [9.17, 15) is 26.4 Å². The van der Waals surface area contributed by atoms with Crippen molar-refractivity contribution in [2.75, 3.05) is 0 Å². The van der Waals surface area contributed by atoms with Gasteiger partial charge in [0.05, 0.1) is 0 Å². The van der Waals surface area contributed by atoms with Crippen LogP contribution in [0.1, 0.15) is 21.5 Å². The van der Waals surface area contributed by atoms with Gasteiger partial charge >= 0.3 is 15.5 Å². The monoisotopic (exact) mass is 343 g/mol. The quantitative estimate of drug-likeness (QED) is 0.849. The summed E-state index contributed by atoms with van der Waals surface area (Å²) in [4.78, 5) is 12.4. The molecule has 2 aromatic rings. The predicted molar refractivity (Wildman–Crippen MR) is 78.1 cm³/mol. The highest BCUT2D eigenvalue weighted by molar-refractivity contribution is 7.90. The van der Waals surface area contributed by atoms with Crippen molar-refractivity contribution in [3.8, 4) is 0 Å². The second kappa shape index (κ2) is 6.51. The Labute approximate surface area is 131 Å². The van der Waals surface area contributed by atoms with Gasteiger partial charge in [0, 0.05) is 17.7 Å². The van der Waals surface area contributed by atoms with Crippen LogP contribution in [0, 0.1) is 0 Å². The second-order valence-electron chi connectivity index (χ2n) is 4.62. The number of carbonyl (C=O) groups excluding carboxylic acids is 1. The van der Waals surface area contributed by atoms with E-state index in [0.717, 1.165) is 0 Å². The van der Waals surface area contributed by atoms with Gasteiger partial charge in [-0.15, -0.1) is 0 Å². The molecule has 0 unspecified atom stereocenters. The van der Waals surface area contributed by atoms with Gasteiger partial charge in [0.15, 0.2) is 5.78 Å². The molecule has 0 aliphatic rings. The summed E-state index contributed by atoms with van der Waals surface area (Å²) in [6.45, 7) is -0.628. The lowest BCUT2D eigenvalue weighted by molar-refractivity contribution is -0.0448. The number of nitrogens with one attached hydrogen (secondary N) is 1. The van der Waals surface area contributed by atoms with E-state index in [1.807, 2.05) is 0 Å². The van der Waals surface area contributed by atoms with Gasteiger partial charge < -0.3 is 0 Å². The van der Waals surface area contributed by atoms with Gasteiger partial charge in [-0.1, -0.05) is 54.6 Å². The Kier molecular flexibility index (Phi) is 4.86. The summed E-state index contributed by atoms with van der Waals surface area (Å²) >= 11 is 0. The van der Waals surface area contributed by atoms with E-state index in [0.29, 0.717) is 5.56 Å². The molecular weight excluding hydrogens is 331 g/mol. The minimum absolute atomic E-state index is 0.142. The fourth-order valence-electron chi connectivity index (χ4n) is 1.90. The second-order valence-corrected chi connectivity index (χ2v) is 6.38. The first-order valence-electron chi connectivity index (χ1n) is 6.46. The van der Waals surface area contributed by atoms with Crippen LogP contribution in [0.5, 0.6) is 0 Å². The van der Waals surface area contributed by atoms with Crippen LogP contribution < -0.4 is 4.72 Å². The maximum Gasteiger partial charge on any atom is 0.511 e. The summed E-state index contributed by atoms with van der Waals surface area (Å²) in [6, 6.07) is 14.1. The molecule has 0 aromatic heterocycles. The van der Waals surface area contributed by atoms with Crippen LogP contribution in [0.25, 0.3) is 0 Å². The molecule has 4 nitrogen and oxygen atoms in total. The lowest BCUT2D eigenvalue weighted by Gasteiger charge is -2.12. The number of alkyl halides is 3. The third-order valence-corrected chi connectivity index (χ3v) is 4.19. The largest absolute Gasteiger partial charge is 0.511 e. The summed E-state index contributed by atoms with van der Waals surface area (Å²) in [5.74, 6) is -0.396.